The van der Waals surface area contributed by atoms with E-state index in [2.05, 4.69) is 28.8 Å². The van der Waals surface area contributed by atoms with Gasteiger partial charge in [-0.25, -0.2) is 0 Å². The van der Waals surface area contributed by atoms with Crippen LogP contribution in [0.3, 0.4) is 0 Å². The summed E-state index contributed by atoms with van der Waals surface area (Å²) in [6, 6.07) is 3.94. The molecule has 0 radical (unpaired) electrons. The molecule has 1 atom stereocenters. The number of nitrogens with zero attached hydrogens (tertiary/aromatic N) is 2. The summed E-state index contributed by atoms with van der Waals surface area (Å²) in [6.07, 6.45) is 5.79. The van der Waals surface area contributed by atoms with Crippen molar-refractivity contribution in [3.8, 4) is 0 Å². The molecular weight excluding hydrogens is 238 g/mol. The highest BCUT2D eigenvalue weighted by molar-refractivity contribution is 5.92. The van der Waals surface area contributed by atoms with Crippen molar-refractivity contribution in [2.24, 2.45) is 0 Å². The molecule has 0 unspecified atom stereocenters. The molecule has 19 heavy (non-hydrogen) atoms. The van der Waals surface area contributed by atoms with Crippen LogP contribution < -0.4 is 5.32 Å². The van der Waals surface area contributed by atoms with Crippen LogP contribution >= 0.6 is 0 Å². The predicted molar refractivity (Wildman–Crippen MR) is 76.2 cm³/mol. The van der Waals surface area contributed by atoms with Crippen LogP contribution in [0.4, 0.5) is 0 Å². The van der Waals surface area contributed by atoms with Gasteiger partial charge in [-0.2, -0.15) is 0 Å². The van der Waals surface area contributed by atoms with Gasteiger partial charge in [-0.05, 0) is 50.0 Å². The van der Waals surface area contributed by atoms with Crippen molar-refractivity contribution < 1.29 is 4.79 Å². The molecule has 2 rings (SSSR count). The summed E-state index contributed by atoms with van der Waals surface area (Å²) in [5, 5.41) is 2.76. The van der Waals surface area contributed by atoms with Gasteiger partial charge in [0.1, 0.15) is 5.69 Å². The number of amides is 1. The van der Waals surface area contributed by atoms with Crippen LogP contribution in [0.2, 0.25) is 0 Å². The van der Waals surface area contributed by atoms with Crippen LogP contribution in [0.25, 0.3) is 0 Å². The van der Waals surface area contributed by atoms with Crippen LogP contribution in [0, 0.1) is 0 Å². The first-order valence-electron chi connectivity index (χ1n) is 6.74. The van der Waals surface area contributed by atoms with Crippen molar-refractivity contribution in [3.05, 3.63) is 42.2 Å². The third-order valence-corrected chi connectivity index (χ3v) is 3.52. The highest BCUT2D eigenvalue weighted by Crippen LogP contribution is 2.26. The largest absolute Gasteiger partial charge is 0.347 e. The molecule has 0 aromatic carbocycles. The Morgan fingerprint density at radius 1 is 1.68 bits per heavy atom. The average Bonchev–Trinajstić information content (AvgIpc) is 2.45. The van der Waals surface area contributed by atoms with Crippen LogP contribution in [-0.2, 0) is 0 Å². The van der Waals surface area contributed by atoms with Gasteiger partial charge in [-0.15, -0.1) is 6.58 Å². The molecule has 0 saturated carbocycles. The molecule has 1 N–H and O–H groups in total. The topological polar surface area (TPSA) is 45.2 Å². The van der Waals surface area contributed by atoms with Gasteiger partial charge in [-0.1, -0.05) is 6.08 Å². The maximum absolute atomic E-state index is 11.9. The van der Waals surface area contributed by atoms with Gasteiger partial charge in [-0.3, -0.25) is 9.78 Å². The number of rotatable bonds is 4. The van der Waals surface area contributed by atoms with E-state index in [1.54, 1.807) is 12.3 Å². The summed E-state index contributed by atoms with van der Waals surface area (Å²) in [7, 11) is 2.14. The second-order valence-electron chi connectivity index (χ2n) is 5.07. The fourth-order valence-corrected chi connectivity index (χ4v) is 2.52. The number of carbonyl (C=O) groups excluding carboxylic acids is 1. The van der Waals surface area contributed by atoms with Crippen molar-refractivity contribution in [2.45, 2.75) is 18.8 Å². The van der Waals surface area contributed by atoms with E-state index in [0.29, 0.717) is 18.2 Å². The standard InChI is InChI=1S/C15H21N3O/c1-3-7-17-15(19)14-10-12(6-8-16-14)13-5-4-9-18(2)11-13/h3,6,8,10,13H,1,4-5,7,9,11H2,2H3,(H,17,19)/t13-/m0/s1. The number of hydrogen-bond acceptors (Lipinski definition) is 3. The molecule has 1 aromatic heterocycles. The van der Waals surface area contributed by atoms with Crippen LogP contribution in [0.1, 0.15) is 34.8 Å². The van der Waals surface area contributed by atoms with Crippen LogP contribution in [0.5, 0.6) is 0 Å². The fourth-order valence-electron chi connectivity index (χ4n) is 2.52. The molecule has 1 amide bonds. The number of likely N-dealkylation sites (N-methyl/N-ethyl adjacent to an activating group) is 1. The zero-order valence-corrected chi connectivity index (χ0v) is 11.4. The predicted octanol–water partition coefficient (Wildman–Crippen LogP) is 1.81. The number of pyridine rings is 1. The van der Waals surface area contributed by atoms with Crippen LogP contribution in [-0.4, -0.2) is 42.5 Å². The van der Waals surface area contributed by atoms with E-state index in [0.717, 1.165) is 13.1 Å². The fraction of sp³-hybridized carbons (Fsp3) is 0.467. The molecule has 102 valence electrons. The van der Waals surface area contributed by atoms with E-state index in [1.165, 1.54) is 18.4 Å². The van der Waals surface area contributed by atoms with Gasteiger partial charge in [0.15, 0.2) is 0 Å². The zero-order chi connectivity index (χ0) is 13.7. The van der Waals surface area contributed by atoms with Gasteiger partial charge in [0.25, 0.3) is 5.91 Å². The third kappa shape index (κ3) is 3.64. The molecule has 0 spiro atoms. The van der Waals surface area contributed by atoms with Crippen molar-refractivity contribution in [3.63, 3.8) is 0 Å². The molecular formula is C15H21N3O. The van der Waals surface area contributed by atoms with Crippen molar-refractivity contribution in [2.75, 3.05) is 26.7 Å². The summed E-state index contributed by atoms with van der Waals surface area (Å²) in [5.74, 6) is 0.374. The van der Waals surface area contributed by atoms with E-state index in [1.807, 2.05) is 12.1 Å². The number of likely N-dealkylation sites (tertiary alicyclic amines) is 1. The molecule has 4 heteroatoms. The summed E-state index contributed by atoms with van der Waals surface area (Å²) in [4.78, 5) is 18.4. The molecule has 4 nitrogen and oxygen atoms in total. The van der Waals surface area contributed by atoms with E-state index in [4.69, 9.17) is 0 Å². The van der Waals surface area contributed by atoms with Crippen LogP contribution in [0.15, 0.2) is 31.0 Å². The summed E-state index contributed by atoms with van der Waals surface area (Å²) in [6.45, 7) is 6.27. The molecule has 1 fully saturated rings. The van der Waals surface area contributed by atoms with E-state index in [-0.39, 0.29) is 5.91 Å². The van der Waals surface area contributed by atoms with Gasteiger partial charge in [0.2, 0.25) is 0 Å². The number of piperidine rings is 1. The molecule has 1 aromatic rings. The van der Waals surface area contributed by atoms with Crippen molar-refractivity contribution in [1.29, 1.82) is 0 Å². The molecule has 1 aliphatic rings. The van der Waals surface area contributed by atoms with Gasteiger partial charge in [0.05, 0.1) is 0 Å². The molecule has 1 saturated heterocycles. The maximum atomic E-state index is 11.9. The lowest BCUT2D eigenvalue weighted by Crippen LogP contribution is -2.31. The first-order valence-corrected chi connectivity index (χ1v) is 6.74. The molecule has 0 aliphatic carbocycles. The first kappa shape index (κ1) is 13.7. The Balaban J connectivity index is 2.10. The minimum absolute atomic E-state index is 0.133. The number of hydrogen-bond donors (Lipinski definition) is 1. The Hall–Kier alpha value is -1.68. The second kappa shape index (κ2) is 6.48. The third-order valence-electron chi connectivity index (χ3n) is 3.52. The number of nitrogens with one attached hydrogen (secondary N) is 1. The monoisotopic (exact) mass is 259 g/mol. The Kier molecular flexibility index (Phi) is 4.68. The van der Waals surface area contributed by atoms with Gasteiger partial charge < -0.3 is 10.2 Å². The summed E-state index contributed by atoms with van der Waals surface area (Å²) in [5.41, 5.74) is 1.71. The lowest BCUT2D eigenvalue weighted by molar-refractivity contribution is 0.0953. The maximum Gasteiger partial charge on any atom is 0.270 e. The molecule has 2 heterocycles. The van der Waals surface area contributed by atoms with E-state index >= 15 is 0 Å². The lowest BCUT2D eigenvalue weighted by atomic mass is 9.91. The summed E-state index contributed by atoms with van der Waals surface area (Å²) < 4.78 is 0. The Morgan fingerprint density at radius 2 is 2.53 bits per heavy atom. The summed E-state index contributed by atoms with van der Waals surface area (Å²) >= 11 is 0. The van der Waals surface area contributed by atoms with Crippen molar-refractivity contribution >= 4 is 5.91 Å². The Morgan fingerprint density at radius 3 is 3.26 bits per heavy atom. The van der Waals surface area contributed by atoms with E-state index < -0.39 is 0 Å². The Labute approximate surface area is 114 Å². The number of carbonyl (C=O) groups is 1. The normalized spacial score (nSPS) is 19.9. The molecule has 1 aliphatic heterocycles. The minimum Gasteiger partial charge on any atom is -0.347 e. The van der Waals surface area contributed by atoms with Gasteiger partial charge in [0, 0.05) is 19.3 Å². The first-order chi connectivity index (χ1) is 9.20. The average molecular weight is 259 g/mol. The Bertz CT molecular complexity index is 458. The molecule has 0 bridgehead atoms. The zero-order valence-electron chi connectivity index (χ0n) is 11.4. The lowest BCUT2D eigenvalue weighted by Gasteiger charge is -2.30. The second-order valence-corrected chi connectivity index (χ2v) is 5.07. The SMILES string of the molecule is C=CCNC(=O)c1cc([C@H]2CCCN(C)C2)ccn1. The van der Waals surface area contributed by atoms with E-state index in [9.17, 15) is 4.79 Å². The smallest absolute Gasteiger partial charge is 0.270 e. The highest BCUT2D eigenvalue weighted by Gasteiger charge is 2.20. The van der Waals surface area contributed by atoms with Gasteiger partial charge >= 0.3 is 0 Å². The minimum atomic E-state index is -0.133. The van der Waals surface area contributed by atoms with Crippen molar-refractivity contribution in [1.82, 2.24) is 15.2 Å². The number of aromatic nitrogens is 1. The quantitative estimate of drug-likeness (QED) is 0.839. The highest BCUT2D eigenvalue weighted by atomic mass is 16.1.